The second kappa shape index (κ2) is 4.04. The van der Waals surface area contributed by atoms with Crippen molar-refractivity contribution in [2.45, 2.75) is 6.29 Å². The average molecular weight is 170 g/mol. The number of methoxy groups -OCH3 is 2. The minimum atomic E-state index is -0.845. The second-order valence-electron chi connectivity index (χ2n) is 2.18. The fourth-order valence-electron chi connectivity index (χ4n) is 0.851. The molecule has 1 heterocycles. The Bertz CT molecular complexity index is 236. The maximum atomic E-state index is 11.4. The summed E-state index contributed by atoms with van der Waals surface area (Å²) in [5.41, 5.74) is 0.448. The van der Waals surface area contributed by atoms with Crippen molar-refractivity contribution in [3.8, 4) is 0 Å². The molecule has 0 bridgehead atoms. The van der Waals surface area contributed by atoms with Gasteiger partial charge in [-0.3, -0.25) is 4.79 Å². The number of furan rings is 1. The molecule has 0 unspecified atom stereocenters. The summed E-state index contributed by atoms with van der Waals surface area (Å²) in [5.74, 6) is -0.242. The molecule has 66 valence electrons. The van der Waals surface area contributed by atoms with E-state index in [4.69, 9.17) is 13.9 Å². The highest BCUT2D eigenvalue weighted by Gasteiger charge is 2.19. The van der Waals surface area contributed by atoms with Crippen molar-refractivity contribution in [3.63, 3.8) is 0 Å². The van der Waals surface area contributed by atoms with Crippen LogP contribution in [0.25, 0.3) is 0 Å². The first-order chi connectivity index (χ1) is 5.79. The predicted molar refractivity (Wildman–Crippen MR) is 40.8 cm³/mol. The summed E-state index contributed by atoms with van der Waals surface area (Å²) >= 11 is 0. The van der Waals surface area contributed by atoms with Gasteiger partial charge >= 0.3 is 0 Å². The highest BCUT2D eigenvalue weighted by molar-refractivity contribution is 5.98. The van der Waals surface area contributed by atoms with Gasteiger partial charge in [0.2, 0.25) is 12.1 Å². The summed E-state index contributed by atoms with van der Waals surface area (Å²) < 4.78 is 14.3. The molecule has 0 aliphatic heterocycles. The average Bonchev–Trinajstić information content (AvgIpc) is 2.58. The normalized spacial score (nSPS) is 10.6. The molecule has 1 rings (SSSR count). The molecule has 0 fully saturated rings. The Kier molecular flexibility index (Phi) is 3.01. The van der Waals surface area contributed by atoms with Crippen molar-refractivity contribution in [2.75, 3.05) is 14.2 Å². The van der Waals surface area contributed by atoms with E-state index in [-0.39, 0.29) is 5.78 Å². The van der Waals surface area contributed by atoms with E-state index in [1.165, 1.54) is 26.7 Å². The van der Waals surface area contributed by atoms with Crippen molar-refractivity contribution < 1.29 is 18.7 Å². The molecule has 1 aromatic heterocycles. The quantitative estimate of drug-likeness (QED) is 0.501. The van der Waals surface area contributed by atoms with Gasteiger partial charge in [-0.1, -0.05) is 0 Å². The van der Waals surface area contributed by atoms with Gasteiger partial charge in [0, 0.05) is 14.2 Å². The van der Waals surface area contributed by atoms with Crippen molar-refractivity contribution in [2.24, 2.45) is 0 Å². The van der Waals surface area contributed by atoms with Crippen LogP contribution in [-0.4, -0.2) is 26.3 Å². The Labute approximate surface area is 70.1 Å². The van der Waals surface area contributed by atoms with Crippen molar-refractivity contribution in [3.05, 3.63) is 24.2 Å². The zero-order valence-corrected chi connectivity index (χ0v) is 6.94. The number of hydrogen-bond donors (Lipinski definition) is 0. The lowest BCUT2D eigenvalue weighted by Crippen LogP contribution is -2.24. The van der Waals surface area contributed by atoms with Gasteiger partial charge in [0.25, 0.3) is 0 Å². The number of ketones is 1. The summed E-state index contributed by atoms with van der Waals surface area (Å²) in [6.07, 6.45) is 1.94. The van der Waals surface area contributed by atoms with Gasteiger partial charge in [-0.15, -0.1) is 0 Å². The standard InChI is InChI=1S/C8H10O4/c1-10-8(11-2)7(9)6-3-4-12-5-6/h3-5,8H,1-2H3. The van der Waals surface area contributed by atoms with Crippen molar-refractivity contribution in [1.82, 2.24) is 0 Å². The minimum absolute atomic E-state index is 0.242. The van der Waals surface area contributed by atoms with Crippen molar-refractivity contribution in [1.29, 1.82) is 0 Å². The molecule has 0 saturated carbocycles. The van der Waals surface area contributed by atoms with E-state index in [1.807, 2.05) is 0 Å². The van der Waals surface area contributed by atoms with Gasteiger partial charge in [0.05, 0.1) is 11.8 Å². The molecule has 0 spiro atoms. The smallest absolute Gasteiger partial charge is 0.222 e. The summed E-state index contributed by atoms with van der Waals surface area (Å²) in [4.78, 5) is 11.4. The predicted octanol–water partition coefficient (Wildman–Crippen LogP) is 1.08. The van der Waals surface area contributed by atoms with E-state index in [1.54, 1.807) is 6.07 Å². The molecule has 0 radical (unpaired) electrons. The SMILES string of the molecule is COC(OC)C(=O)c1ccoc1. The lowest BCUT2D eigenvalue weighted by Gasteiger charge is -2.09. The van der Waals surface area contributed by atoms with Crippen LogP contribution in [-0.2, 0) is 9.47 Å². The monoisotopic (exact) mass is 170 g/mol. The zero-order valence-electron chi connectivity index (χ0n) is 6.94. The Morgan fingerprint density at radius 3 is 2.58 bits per heavy atom. The number of carbonyl (C=O) groups excluding carboxylic acids is 1. The summed E-state index contributed by atoms with van der Waals surface area (Å²) in [7, 11) is 2.82. The fourth-order valence-corrected chi connectivity index (χ4v) is 0.851. The van der Waals surface area contributed by atoms with Gasteiger partial charge in [-0.25, -0.2) is 0 Å². The second-order valence-corrected chi connectivity index (χ2v) is 2.18. The molecule has 0 atom stereocenters. The summed E-state index contributed by atoms with van der Waals surface area (Å²) in [6, 6.07) is 1.56. The van der Waals surface area contributed by atoms with Crippen LogP contribution in [0.15, 0.2) is 23.0 Å². The highest BCUT2D eigenvalue weighted by Crippen LogP contribution is 2.06. The number of ether oxygens (including phenoxy) is 2. The van der Waals surface area contributed by atoms with E-state index >= 15 is 0 Å². The number of hydrogen-bond acceptors (Lipinski definition) is 4. The molecule has 0 aliphatic carbocycles. The Hall–Kier alpha value is -1.13. The summed E-state index contributed by atoms with van der Waals surface area (Å²) in [6.45, 7) is 0. The van der Waals surface area contributed by atoms with E-state index in [0.717, 1.165) is 0 Å². The lowest BCUT2D eigenvalue weighted by atomic mass is 10.2. The van der Waals surface area contributed by atoms with Gasteiger partial charge < -0.3 is 13.9 Å². The number of Topliss-reactive ketones (excluding diaryl/α,β-unsaturated/α-hetero) is 1. The van der Waals surface area contributed by atoms with E-state index < -0.39 is 6.29 Å². The van der Waals surface area contributed by atoms with E-state index in [9.17, 15) is 4.79 Å². The van der Waals surface area contributed by atoms with Gasteiger partial charge in [-0.05, 0) is 6.07 Å². The first kappa shape index (κ1) is 8.96. The Morgan fingerprint density at radius 2 is 2.17 bits per heavy atom. The Balaban J connectivity index is 2.70. The number of carbonyl (C=O) groups is 1. The maximum Gasteiger partial charge on any atom is 0.222 e. The van der Waals surface area contributed by atoms with Crippen LogP contribution in [0.1, 0.15) is 10.4 Å². The van der Waals surface area contributed by atoms with Crippen LogP contribution in [0, 0.1) is 0 Å². The molecule has 0 amide bonds. The van der Waals surface area contributed by atoms with E-state index in [2.05, 4.69) is 0 Å². The molecule has 4 heteroatoms. The molecule has 4 nitrogen and oxygen atoms in total. The number of rotatable bonds is 4. The third-order valence-electron chi connectivity index (χ3n) is 1.45. The van der Waals surface area contributed by atoms with Gasteiger partial charge in [0.1, 0.15) is 6.26 Å². The maximum absolute atomic E-state index is 11.4. The van der Waals surface area contributed by atoms with Crippen LogP contribution in [0.5, 0.6) is 0 Å². The highest BCUT2D eigenvalue weighted by atomic mass is 16.7. The third kappa shape index (κ3) is 1.72. The third-order valence-corrected chi connectivity index (χ3v) is 1.45. The zero-order chi connectivity index (χ0) is 8.97. The largest absolute Gasteiger partial charge is 0.472 e. The van der Waals surface area contributed by atoms with Crippen LogP contribution in [0.4, 0.5) is 0 Å². The van der Waals surface area contributed by atoms with Gasteiger partial charge in [-0.2, -0.15) is 0 Å². The summed E-state index contributed by atoms with van der Waals surface area (Å²) in [5, 5.41) is 0. The molecule has 0 aliphatic rings. The molecule has 0 N–H and O–H groups in total. The molecular formula is C8H10O4. The molecule has 1 aromatic rings. The van der Waals surface area contributed by atoms with Crippen molar-refractivity contribution >= 4 is 5.78 Å². The molecular weight excluding hydrogens is 160 g/mol. The first-order valence-electron chi connectivity index (χ1n) is 3.41. The molecule has 12 heavy (non-hydrogen) atoms. The van der Waals surface area contributed by atoms with Crippen LogP contribution < -0.4 is 0 Å². The lowest BCUT2D eigenvalue weighted by molar-refractivity contribution is -0.0742. The van der Waals surface area contributed by atoms with Crippen LogP contribution in [0.3, 0.4) is 0 Å². The van der Waals surface area contributed by atoms with E-state index in [0.29, 0.717) is 5.56 Å². The van der Waals surface area contributed by atoms with Crippen LogP contribution in [0.2, 0.25) is 0 Å². The molecule has 0 aromatic carbocycles. The Morgan fingerprint density at radius 1 is 1.50 bits per heavy atom. The van der Waals surface area contributed by atoms with Crippen LogP contribution >= 0.6 is 0 Å². The topological polar surface area (TPSA) is 48.7 Å². The van der Waals surface area contributed by atoms with Gasteiger partial charge in [0.15, 0.2) is 0 Å². The fraction of sp³-hybridized carbons (Fsp3) is 0.375. The minimum Gasteiger partial charge on any atom is -0.472 e. The molecule has 0 saturated heterocycles. The first-order valence-corrected chi connectivity index (χ1v) is 3.41.